The summed E-state index contributed by atoms with van der Waals surface area (Å²) in [5.74, 6) is -0.311. The maximum Gasteiger partial charge on any atom is 0.270 e. The van der Waals surface area contributed by atoms with Crippen LogP contribution in [0.5, 0.6) is 0 Å². The van der Waals surface area contributed by atoms with E-state index in [9.17, 15) is 4.79 Å². The predicted octanol–water partition coefficient (Wildman–Crippen LogP) is 2.45. The van der Waals surface area contributed by atoms with Crippen LogP contribution in [-0.4, -0.2) is 33.0 Å². The molecule has 7 heteroatoms. The van der Waals surface area contributed by atoms with E-state index in [1.165, 1.54) is 0 Å². The molecule has 0 saturated heterocycles. The monoisotopic (exact) mass is 315 g/mol. The van der Waals surface area contributed by atoms with Crippen molar-refractivity contribution in [2.75, 3.05) is 6.61 Å². The van der Waals surface area contributed by atoms with Crippen molar-refractivity contribution in [3.05, 3.63) is 33.7 Å². The fraction of sp³-hybridized carbons (Fsp3) is 0.385. The summed E-state index contributed by atoms with van der Waals surface area (Å²) in [6, 6.07) is 1.29. The Morgan fingerprint density at radius 1 is 1.55 bits per heavy atom. The lowest BCUT2D eigenvalue weighted by Gasteiger charge is -2.14. The molecule has 0 spiro atoms. The average Bonchev–Trinajstić information content (AvgIpc) is 2.72. The van der Waals surface area contributed by atoms with E-state index < -0.39 is 0 Å². The van der Waals surface area contributed by atoms with Gasteiger partial charge in [0.25, 0.3) is 5.91 Å². The smallest absolute Gasteiger partial charge is 0.270 e. The molecule has 0 aliphatic carbocycles. The number of fused-ring (bicyclic) bond motifs is 1. The number of carbonyl (C=O) groups excluding carboxylic acids is 1. The minimum Gasteiger partial charge on any atom is -0.394 e. The van der Waals surface area contributed by atoms with Gasteiger partial charge < -0.3 is 10.4 Å². The highest BCUT2D eigenvalue weighted by Gasteiger charge is 2.20. The summed E-state index contributed by atoms with van der Waals surface area (Å²) in [6.07, 6.45) is 2.23. The van der Waals surface area contributed by atoms with E-state index in [-0.39, 0.29) is 18.6 Å². The minimum atomic E-state index is -0.311. The molecule has 0 saturated carbocycles. The van der Waals surface area contributed by atoms with Gasteiger partial charge in [-0.3, -0.25) is 9.20 Å². The number of rotatable bonds is 4. The SMILES string of the molecule is CCC(CO)NC(=O)c1c(C)nc2c(Cl)cc(Cl)cn12. The molecule has 108 valence electrons. The van der Waals surface area contributed by atoms with Gasteiger partial charge in [0.2, 0.25) is 0 Å². The zero-order valence-electron chi connectivity index (χ0n) is 11.2. The Hall–Kier alpha value is -1.30. The predicted molar refractivity (Wildman–Crippen MR) is 78.6 cm³/mol. The molecule has 0 aliphatic rings. The van der Waals surface area contributed by atoms with Gasteiger partial charge in [0.15, 0.2) is 5.65 Å². The molecule has 0 aromatic carbocycles. The van der Waals surface area contributed by atoms with Gasteiger partial charge in [-0.25, -0.2) is 4.98 Å². The first-order valence-corrected chi connectivity index (χ1v) is 6.99. The molecule has 1 atom stereocenters. The second kappa shape index (κ2) is 5.99. The van der Waals surface area contributed by atoms with Crippen molar-refractivity contribution in [3.63, 3.8) is 0 Å². The summed E-state index contributed by atoms with van der Waals surface area (Å²) in [5.41, 5.74) is 1.41. The van der Waals surface area contributed by atoms with Gasteiger partial charge in [0.1, 0.15) is 5.69 Å². The number of aromatic nitrogens is 2. The van der Waals surface area contributed by atoms with Crippen LogP contribution in [0, 0.1) is 6.92 Å². The Morgan fingerprint density at radius 2 is 2.25 bits per heavy atom. The standard InChI is InChI=1S/C13H15Cl2N3O2/c1-3-9(6-19)17-13(20)11-7(2)16-12-10(15)4-8(14)5-18(11)12/h4-5,9,19H,3,6H2,1-2H3,(H,17,20). The van der Waals surface area contributed by atoms with E-state index in [0.717, 1.165) is 0 Å². The van der Waals surface area contributed by atoms with Crippen LogP contribution in [0.4, 0.5) is 0 Å². The van der Waals surface area contributed by atoms with E-state index in [1.807, 2.05) is 6.92 Å². The van der Waals surface area contributed by atoms with Crippen molar-refractivity contribution >= 4 is 34.8 Å². The number of nitrogens with zero attached hydrogens (tertiary/aromatic N) is 2. The maximum absolute atomic E-state index is 12.3. The van der Waals surface area contributed by atoms with E-state index >= 15 is 0 Å². The lowest BCUT2D eigenvalue weighted by molar-refractivity contribution is 0.0908. The number of amides is 1. The van der Waals surface area contributed by atoms with Crippen LogP contribution in [0.15, 0.2) is 12.3 Å². The van der Waals surface area contributed by atoms with E-state index in [0.29, 0.717) is 33.5 Å². The largest absolute Gasteiger partial charge is 0.394 e. The summed E-state index contributed by atoms with van der Waals surface area (Å²) in [6.45, 7) is 3.50. The number of hydrogen-bond acceptors (Lipinski definition) is 3. The number of carbonyl (C=O) groups is 1. The molecule has 0 aliphatic heterocycles. The van der Waals surface area contributed by atoms with Gasteiger partial charge in [-0.1, -0.05) is 30.1 Å². The first-order valence-electron chi connectivity index (χ1n) is 6.23. The zero-order chi connectivity index (χ0) is 14.9. The quantitative estimate of drug-likeness (QED) is 0.910. The van der Waals surface area contributed by atoms with Crippen molar-refractivity contribution in [3.8, 4) is 0 Å². The summed E-state index contributed by atoms with van der Waals surface area (Å²) in [5, 5.41) is 12.7. The molecule has 0 bridgehead atoms. The molecule has 5 nitrogen and oxygen atoms in total. The van der Waals surface area contributed by atoms with Crippen LogP contribution in [0.1, 0.15) is 29.5 Å². The first-order chi connectivity index (χ1) is 9.47. The summed E-state index contributed by atoms with van der Waals surface area (Å²) in [7, 11) is 0. The number of halogens is 2. The van der Waals surface area contributed by atoms with Crippen molar-refractivity contribution in [2.45, 2.75) is 26.3 Å². The van der Waals surface area contributed by atoms with Crippen molar-refractivity contribution in [2.24, 2.45) is 0 Å². The van der Waals surface area contributed by atoms with Gasteiger partial charge in [-0.05, 0) is 19.4 Å². The second-order valence-corrected chi connectivity index (χ2v) is 5.35. The molecule has 1 unspecified atom stereocenters. The van der Waals surface area contributed by atoms with Crippen molar-refractivity contribution in [1.29, 1.82) is 0 Å². The topological polar surface area (TPSA) is 66.6 Å². The third-order valence-electron chi connectivity index (χ3n) is 3.08. The Bertz CT molecular complexity index is 651. The van der Waals surface area contributed by atoms with Crippen LogP contribution in [0.25, 0.3) is 5.65 Å². The molecule has 2 aromatic heterocycles. The third-order valence-corrected chi connectivity index (χ3v) is 3.56. The highest BCUT2D eigenvalue weighted by atomic mass is 35.5. The van der Waals surface area contributed by atoms with E-state index in [2.05, 4.69) is 10.3 Å². The summed E-state index contributed by atoms with van der Waals surface area (Å²) >= 11 is 12.0. The number of aliphatic hydroxyl groups excluding tert-OH is 1. The number of hydrogen-bond donors (Lipinski definition) is 2. The zero-order valence-corrected chi connectivity index (χ0v) is 12.7. The van der Waals surface area contributed by atoms with Gasteiger partial charge in [0.05, 0.1) is 28.4 Å². The van der Waals surface area contributed by atoms with Crippen molar-refractivity contribution in [1.82, 2.24) is 14.7 Å². The average molecular weight is 316 g/mol. The number of pyridine rings is 1. The number of imidazole rings is 1. The lowest BCUT2D eigenvalue weighted by Crippen LogP contribution is -2.37. The normalized spacial score (nSPS) is 12.7. The fourth-order valence-electron chi connectivity index (χ4n) is 1.99. The van der Waals surface area contributed by atoms with Gasteiger partial charge in [-0.15, -0.1) is 0 Å². The van der Waals surface area contributed by atoms with E-state index in [4.69, 9.17) is 28.3 Å². The lowest BCUT2D eigenvalue weighted by atomic mass is 10.2. The molecule has 0 radical (unpaired) electrons. The molecular weight excluding hydrogens is 301 g/mol. The van der Waals surface area contributed by atoms with Crippen LogP contribution < -0.4 is 5.32 Å². The fourth-order valence-corrected chi connectivity index (χ4v) is 2.50. The molecule has 0 fully saturated rings. The van der Waals surface area contributed by atoms with Crippen LogP contribution in [0.3, 0.4) is 0 Å². The Labute approximate surface area is 126 Å². The van der Waals surface area contributed by atoms with Crippen LogP contribution in [-0.2, 0) is 0 Å². The first kappa shape index (κ1) is 15.1. The summed E-state index contributed by atoms with van der Waals surface area (Å²) in [4.78, 5) is 16.6. The molecule has 2 rings (SSSR count). The molecule has 2 aromatic rings. The van der Waals surface area contributed by atoms with Crippen LogP contribution in [0.2, 0.25) is 10.0 Å². The number of nitrogens with one attached hydrogen (secondary N) is 1. The maximum atomic E-state index is 12.3. The highest BCUT2D eigenvalue weighted by molar-refractivity contribution is 6.36. The van der Waals surface area contributed by atoms with Gasteiger partial charge >= 0.3 is 0 Å². The van der Waals surface area contributed by atoms with Crippen molar-refractivity contribution < 1.29 is 9.90 Å². The molecular formula is C13H15Cl2N3O2. The third kappa shape index (κ3) is 2.75. The minimum absolute atomic E-state index is 0.112. The molecule has 2 N–H and O–H groups in total. The number of aryl methyl sites for hydroxylation is 1. The summed E-state index contributed by atoms with van der Waals surface area (Å²) < 4.78 is 1.57. The Balaban J connectivity index is 2.48. The van der Waals surface area contributed by atoms with Gasteiger partial charge in [0, 0.05) is 6.20 Å². The highest BCUT2D eigenvalue weighted by Crippen LogP contribution is 2.24. The second-order valence-electron chi connectivity index (χ2n) is 4.51. The van der Waals surface area contributed by atoms with Crippen LogP contribution >= 0.6 is 23.2 Å². The van der Waals surface area contributed by atoms with Gasteiger partial charge in [-0.2, -0.15) is 0 Å². The Kier molecular flexibility index (Phi) is 4.52. The molecule has 20 heavy (non-hydrogen) atoms. The molecule has 2 heterocycles. The molecule has 1 amide bonds. The number of aliphatic hydroxyl groups is 1. The Morgan fingerprint density at radius 3 is 2.85 bits per heavy atom. The van der Waals surface area contributed by atoms with E-state index in [1.54, 1.807) is 23.6 Å².